The molecule has 2 aromatic rings. The van der Waals surface area contributed by atoms with E-state index in [0.717, 1.165) is 38.0 Å². The Labute approximate surface area is 107 Å². The predicted molar refractivity (Wildman–Crippen MR) is 71.6 cm³/mol. The van der Waals surface area contributed by atoms with Crippen LogP contribution >= 0.6 is 0 Å². The van der Waals surface area contributed by atoms with Gasteiger partial charge in [-0.25, -0.2) is 0 Å². The molecule has 2 heterocycles. The van der Waals surface area contributed by atoms with E-state index in [9.17, 15) is 0 Å². The molecule has 0 unspecified atom stereocenters. The summed E-state index contributed by atoms with van der Waals surface area (Å²) in [6.07, 6.45) is 8.45. The molecule has 0 spiro atoms. The Morgan fingerprint density at radius 2 is 1.94 bits per heavy atom. The van der Waals surface area contributed by atoms with Crippen LogP contribution in [0.25, 0.3) is 0 Å². The van der Waals surface area contributed by atoms with Gasteiger partial charge < -0.3 is 5.32 Å². The Balaban J connectivity index is 1.83. The standard InChI is InChI=1S/C15H17N3/c1-2-13-3-5-16-6-4-14(13)9-12(1)10-15-11-17-7-8-18-15/h1-2,7-9,11,16H,3-6,10H2. The second kappa shape index (κ2) is 5.27. The second-order valence-electron chi connectivity index (χ2n) is 4.73. The number of nitrogens with one attached hydrogen (secondary N) is 1. The summed E-state index contributed by atoms with van der Waals surface area (Å²) in [4.78, 5) is 8.44. The highest BCUT2D eigenvalue weighted by molar-refractivity contribution is 5.35. The molecule has 0 bridgehead atoms. The maximum Gasteiger partial charge on any atom is 0.0630 e. The summed E-state index contributed by atoms with van der Waals surface area (Å²) in [5.41, 5.74) is 5.34. The van der Waals surface area contributed by atoms with Crippen molar-refractivity contribution in [2.45, 2.75) is 19.3 Å². The Morgan fingerprint density at radius 1 is 1.06 bits per heavy atom. The summed E-state index contributed by atoms with van der Waals surface area (Å²) >= 11 is 0. The van der Waals surface area contributed by atoms with E-state index < -0.39 is 0 Å². The maximum absolute atomic E-state index is 4.33. The molecule has 92 valence electrons. The molecular formula is C15H17N3. The van der Waals surface area contributed by atoms with Gasteiger partial charge in [0, 0.05) is 25.0 Å². The average molecular weight is 239 g/mol. The van der Waals surface area contributed by atoms with Crippen LogP contribution in [0.3, 0.4) is 0 Å². The van der Waals surface area contributed by atoms with Crippen molar-refractivity contribution in [3.05, 3.63) is 59.2 Å². The first-order chi connectivity index (χ1) is 8.92. The minimum atomic E-state index is 0.870. The SMILES string of the molecule is c1cnc(Cc2ccc3c(c2)CCNCC3)cn1. The van der Waals surface area contributed by atoms with Crippen LogP contribution in [0.4, 0.5) is 0 Å². The van der Waals surface area contributed by atoms with Gasteiger partial charge in [0.25, 0.3) is 0 Å². The molecule has 0 radical (unpaired) electrons. The molecule has 1 aromatic carbocycles. The zero-order valence-electron chi connectivity index (χ0n) is 10.4. The van der Waals surface area contributed by atoms with Gasteiger partial charge in [-0.2, -0.15) is 0 Å². The van der Waals surface area contributed by atoms with E-state index in [1.807, 2.05) is 6.20 Å². The molecule has 0 amide bonds. The molecule has 1 N–H and O–H groups in total. The molecule has 0 saturated heterocycles. The second-order valence-corrected chi connectivity index (χ2v) is 4.73. The molecule has 3 heteroatoms. The maximum atomic E-state index is 4.33. The number of hydrogen-bond acceptors (Lipinski definition) is 3. The van der Waals surface area contributed by atoms with Crippen LogP contribution in [0.1, 0.15) is 22.4 Å². The van der Waals surface area contributed by atoms with Gasteiger partial charge in [0.15, 0.2) is 0 Å². The number of hydrogen-bond donors (Lipinski definition) is 1. The van der Waals surface area contributed by atoms with E-state index in [4.69, 9.17) is 0 Å². The van der Waals surface area contributed by atoms with Crippen LogP contribution in [0.5, 0.6) is 0 Å². The highest BCUT2D eigenvalue weighted by Crippen LogP contribution is 2.17. The van der Waals surface area contributed by atoms with Gasteiger partial charge in [0.1, 0.15) is 0 Å². The van der Waals surface area contributed by atoms with Crippen molar-refractivity contribution in [1.29, 1.82) is 0 Å². The number of fused-ring (bicyclic) bond motifs is 1. The first kappa shape index (κ1) is 11.4. The predicted octanol–water partition coefficient (Wildman–Crippen LogP) is 1.76. The van der Waals surface area contributed by atoms with Crippen LogP contribution in [-0.4, -0.2) is 23.1 Å². The van der Waals surface area contributed by atoms with Gasteiger partial charge in [-0.05, 0) is 42.6 Å². The molecule has 18 heavy (non-hydrogen) atoms. The highest BCUT2D eigenvalue weighted by atomic mass is 14.8. The number of rotatable bonds is 2. The lowest BCUT2D eigenvalue weighted by atomic mass is 9.98. The minimum Gasteiger partial charge on any atom is -0.316 e. The minimum absolute atomic E-state index is 0.870. The summed E-state index contributed by atoms with van der Waals surface area (Å²) in [5, 5.41) is 3.44. The number of nitrogens with zero attached hydrogens (tertiary/aromatic N) is 2. The van der Waals surface area contributed by atoms with Gasteiger partial charge in [0.05, 0.1) is 5.69 Å². The quantitative estimate of drug-likeness (QED) is 0.867. The van der Waals surface area contributed by atoms with Gasteiger partial charge in [0.2, 0.25) is 0 Å². The zero-order chi connectivity index (χ0) is 12.2. The third kappa shape index (κ3) is 2.57. The summed E-state index contributed by atoms with van der Waals surface area (Å²) in [6, 6.07) is 6.82. The summed E-state index contributed by atoms with van der Waals surface area (Å²) in [6.45, 7) is 2.18. The Kier molecular flexibility index (Phi) is 3.33. The fourth-order valence-electron chi connectivity index (χ4n) is 2.47. The molecule has 3 rings (SSSR count). The Hall–Kier alpha value is -1.74. The normalized spacial score (nSPS) is 14.9. The van der Waals surface area contributed by atoms with Crippen LogP contribution < -0.4 is 5.32 Å². The van der Waals surface area contributed by atoms with E-state index in [0.29, 0.717) is 0 Å². The molecule has 0 aliphatic carbocycles. The number of benzene rings is 1. The van der Waals surface area contributed by atoms with E-state index in [1.165, 1.54) is 16.7 Å². The topological polar surface area (TPSA) is 37.8 Å². The molecule has 3 nitrogen and oxygen atoms in total. The molecule has 0 fully saturated rings. The summed E-state index contributed by atoms with van der Waals surface area (Å²) < 4.78 is 0. The van der Waals surface area contributed by atoms with E-state index >= 15 is 0 Å². The van der Waals surface area contributed by atoms with E-state index in [1.54, 1.807) is 12.4 Å². The molecule has 1 aromatic heterocycles. The number of aromatic nitrogens is 2. The van der Waals surface area contributed by atoms with Crippen molar-refractivity contribution in [2.24, 2.45) is 0 Å². The summed E-state index contributed by atoms with van der Waals surface area (Å²) in [5.74, 6) is 0. The Morgan fingerprint density at radius 3 is 2.78 bits per heavy atom. The smallest absolute Gasteiger partial charge is 0.0630 e. The molecule has 1 aliphatic heterocycles. The fourth-order valence-corrected chi connectivity index (χ4v) is 2.47. The molecule has 1 aliphatic rings. The van der Waals surface area contributed by atoms with Crippen molar-refractivity contribution in [3.8, 4) is 0 Å². The largest absolute Gasteiger partial charge is 0.316 e. The molecule has 0 saturated carbocycles. The van der Waals surface area contributed by atoms with Crippen LogP contribution in [0.2, 0.25) is 0 Å². The first-order valence-electron chi connectivity index (χ1n) is 6.48. The van der Waals surface area contributed by atoms with E-state index in [2.05, 4.69) is 33.5 Å². The fraction of sp³-hybridized carbons (Fsp3) is 0.333. The van der Waals surface area contributed by atoms with Crippen molar-refractivity contribution < 1.29 is 0 Å². The van der Waals surface area contributed by atoms with Crippen LogP contribution in [0, 0.1) is 0 Å². The van der Waals surface area contributed by atoms with Crippen molar-refractivity contribution >= 4 is 0 Å². The van der Waals surface area contributed by atoms with E-state index in [-0.39, 0.29) is 0 Å². The third-order valence-corrected chi connectivity index (χ3v) is 3.41. The summed E-state index contributed by atoms with van der Waals surface area (Å²) in [7, 11) is 0. The van der Waals surface area contributed by atoms with Crippen LogP contribution in [-0.2, 0) is 19.3 Å². The van der Waals surface area contributed by atoms with Crippen molar-refractivity contribution in [2.75, 3.05) is 13.1 Å². The van der Waals surface area contributed by atoms with Gasteiger partial charge in [-0.15, -0.1) is 0 Å². The Bertz CT molecular complexity index is 523. The lowest BCUT2D eigenvalue weighted by molar-refractivity contribution is 0.711. The third-order valence-electron chi connectivity index (χ3n) is 3.41. The first-order valence-corrected chi connectivity index (χ1v) is 6.48. The average Bonchev–Trinajstić information content (AvgIpc) is 2.64. The lowest BCUT2D eigenvalue weighted by Gasteiger charge is -2.08. The van der Waals surface area contributed by atoms with Crippen molar-refractivity contribution in [3.63, 3.8) is 0 Å². The lowest BCUT2D eigenvalue weighted by Crippen LogP contribution is -2.16. The van der Waals surface area contributed by atoms with Crippen molar-refractivity contribution in [1.82, 2.24) is 15.3 Å². The zero-order valence-corrected chi connectivity index (χ0v) is 10.4. The molecule has 0 atom stereocenters. The van der Waals surface area contributed by atoms with Gasteiger partial charge >= 0.3 is 0 Å². The van der Waals surface area contributed by atoms with Gasteiger partial charge in [-0.3, -0.25) is 9.97 Å². The highest BCUT2D eigenvalue weighted by Gasteiger charge is 2.08. The van der Waals surface area contributed by atoms with Gasteiger partial charge in [-0.1, -0.05) is 18.2 Å². The monoisotopic (exact) mass is 239 g/mol. The van der Waals surface area contributed by atoms with Crippen LogP contribution in [0.15, 0.2) is 36.8 Å². The molecular weight excluding hydrogens is 222 g/mol.